The van der Waals surface area contributed by atoms with Crippen LogP contribution in [0, 0.1) is 0 Å². The fourth-order valence-corrected chi connectivity index (χ4v) is 7.88. The molecule has 4 nitrogen and oxygen atoms in total. The van der Waals surface area contributed by atoms with Crippen molar-refractivity contribution in [3.05, 3.63) is 95.6 Å². The lowest BCUT2D eigenvalue weighted by molar-refractivity contribution is 0.171. The average molecular weight is 501 g/mol. The van der Waals surface area contributed by atoms with E-state index in [-0.39, 0.29) is 12.4 Å². The molecule has 190 valence electrons. The maximum Gasteiger partial charge on any atom is 0.115 e. The van der Waals surface area contributed by atoms with Crippen LogP contribution < -0.4 is 5.19 Å². The van der Waals surface area contributed by atoms with Gasteiger partial charge in [0.15, 0.2) is 0 Å². The highest BCUT2D eigenvalue weighted by Gasteiger charge is 2.28. The number of phenols is 1. The molecular formula is C31H40N2O2Si. The van der Waals surface area contributed by atoms with Crippen molar-refractivity contribution in [3.63, 3.8) is 0 Å². The minimum Gasteiger partial charge on any atom is -0.508 e. The molecule has 0 aliphatic carbocycles. The van der Waals surface area contributed by atoms with Crippen molar-refractivity contribution in [3.8, 4) is 5.75 Å². The number of nitrogens with zero attached hydrogens (tertiary/aromatic N) is 2. The summed E-state index contributed by atoms with van der Waals surface area (Å²) in [5.74, 6) is 0.265. The third kappa shape index (κ3) is 6.54. The lowest BCUT2D eigenvalue weighted by atomic mass is 9.87. The van der Waals surface area contributed by atoms with Gasteiger partial charge < -0.3 is 20.0 Å². The van der Waals surface area contributed by atoms with Crippen molar-refractivity contribution in [2.45, 2.75) is 25.9 Å². The molecule has 0 atom stereocenters. The van der Waals surface area contributed by atoms with Crippen LogP contribution in [0.4, 0.5) is 0 Å². The van der Waals surface area contributed by atoms with E-state index in [0.29, 0.717) is 6.42 Å². The summed E-state index contributed by atoms with van der Waals surface area (Å²) in [6.07, 6.45) is 2.67. The van der Waals surface area contributed by atoms with E-state index in [0.717, 1.165) is 38.2 Å². The maximum atomic E-state index is 9.93. The first kappa shape index (κ1) is 26.4. The first-order valence-corrected chi connectivity index (χ1v) is 16.3. The second kappa shape index (κ2) is 12.0. The fraction of sp³-hybridized carbons (Fsp3) is 0.355. The monoisotopic (exact) mass is 500 g/mol. The van der Waals surface area contributed by atoms with Crippen LogP contribution in [-0.2, 0) is 0 Å². The number of rotatable bonds is 9. The summed E-state index contributed by atoms with van der Waals surface area (Å²) in [5.41, 5.74) is 5.80. The molecule has 1 fully saturated rings. The number of allylic oxidation sites excluding steroid dienone is 1. The summed E-state index contributed by atoms with van der Waals surface area (Å²) in [6.45, 7) is 9.74. The standard InChI is InChI=1S/C31H40N2O2Si/c1-32-19-21-33(22-20-32)24-36(2,3)29-17-13-27(14-18-29)31(26-11-15-28(35)16-12-26)30(10-7-23-34)25-8-5-4-6-9-25/h4-6,8-9,11-18,34-35H,7,10,19-24H2,1-3H3/b31-30-. The predicted molar refractivity (Wildman–Crippen MR) is 154 cm³/mol. The van der Waals surface area contributed by atoms with Gasteiger partial charge in [0.1, 0.15) is 5.75 Å². The molecule has 0 saturated carbocycles. The van der Waals surface area contributed by atoms with Gasteiger partial charge in [-0.05, 0) is 66.0 Å². The van der Waals surface area contributed by atoms with Gasteiger partial charge in [-0.2, -0.15) is 0 Å². The summed E-state index contributed by atoms with van der Waals surface area (Å²) in [6, 6.07) is 27.2. The van der Waals surface area contributed by atoms with E-state index in [1.165, 1.54) is 33.6 Å². The Hall–Kier alpha value is -2.70. The van der Waals surface area contributed by atoms with Gasteiger partial charge >= 0.3 is 0 Å². The number of phenolic OH excluding ortho intramolecular Hbond substituents is 1. The van der Waals surface area contributed by atoms with Gasteiger partial charge in [-0.25, -0.2) is 0 Å². The summed E-state index contributed by atoms with van der Waals surface area (Å²) < 4.78 is 0. The summed E-state index contributed by atoms with van der Waals surface area (Å²) >= 11 is 0. The minimum atomic E-state index is -1.62. The number of piperazine rings is 1. The van der Waals surface area contributed by atoms with Crippen LogP contribution in [0.25, 0.3) is 11.1 Å². The van der Waals surface area contributed by atoms with Crippen LogP contribution in [0.5, 0.6) is 5.75 Å². The van der Waals surface area contributed by atoms with E-state index in [1.807, 2.05) is 18.2 Å². The molecule has 0 bridgehead atoms. The van der Waals surface area contributed by atoms with Crippen LogP contribution >= 0.6 is 0 Å². The van der Waals surface area contributed by atoms with Crippen molar-refractivity contribution in [2.75, 3.05) is 46.0 Å². The fourth-order valence-electron chi connectivity index (χ4n) is 5.20. The second-order valence-electron chi connectivity index (χ2n) is 10.6. The van der Waals surface area contributed by atoms with Crippen molar-refractivity contribution < 1.29 is 10.2 Å². The predicted octanol–water partition coefficient (Wildman–Crippen LogP) is 4.83. The van der Waals surface area contributed by atoms with E-state index in [9.17, 15) is 10.2 Å². The van der Waals surface area contributed by atoms with Crippen molar-refractivity contribution in [2.24, 2.45) is 0 Å². The van der Waals surface area contributed by atoms with Crippen molar-refractivity contribution in [1.82, 2.24) is 9.80 Å². The first-order chi connectivity index (χ1) is 17.4. The zero-order valence-corrected chi connectivity index (χ0v) is 23.0. The Morgan fingerprint density at radius 3 is 1.94 bits per heavy atom. The highest BCUT2D eigenvalue weighted by molar-refractivity contribution is 6.90. The van der Waals surface area contributed by atoms with Crippen LogP contribution in [0.15, 0.2) is 78.9 Å². The van der Waals surface area contributed by atoms with Gasteiger partial charge in [0.2, 0.25) is 0 Å². The summed E-state index contributed by atoms with van der Waals surface area (Å²) in [5, 5.41) is 21.0. The molecule has 2 N–H and O–H groups in total. The second-order valence-corrected chi connectivity index (χ2v) is 15.3. The largest absolute Gasteiger partial charge is 0.508 e. The Balaban J connectivity index is 1.72. The SMILES string of the molecule is CN1CCN(C[Si](C)(C)c2ccc(/C(=C(/CCCO)c3ccccc3)c3ccc(O)cc3)cc2)CC1. The Bertz CT molecular complexity index is 1130. The number of aliphatic hydroxyl groups is 1. The van der Waals surface area contributed by atoms with E-state index in [4.69, 9.17) is 0 Å². The molecule has 0 amide bonds. The van der Waals surface area contributed by atoms with E-state index < -0.39 is 8.07 Å². The molecule has 0 radical (unpaired) electrons. The third-order valence-electron chi connectivity index (χ3n) is 7.33. The number of hydrogen-bond acceptors (Lipinski definition) is 4. The molecular weight excluding hydrogens is 460 g/mol. The molecule has 1 aliphatic heterocycles. The van der Waals surface area contributed by atoms with Crippen molar-refractivity contribution in [1.29, 1.82) is 0 Å². The number of hydrogen-bond donors (Lipinski definition) is 2. The van der Waals surface area contributed by atoms with Gasteiger partial charge in [0.05, 0.1) is 8.07 Å². The molecule has 4 rings (SSSR count). The van der Waals surface area contributed by atoms with Gasteiger partial charge in [-0.1, -0.05) is 85.0 Å². The molecule has 36 heavy (non-hydrogen) atoms. The lowest BCUT2D eigenvalue weighted by Crippen LogP contribution is -2.56. The number of aliphatic hydroxyl groups excluding tert-OH is 1. The molecule has 3 aromatic carbocycles. The summed E-state index contributed by atoms with van der Waals surface area (Å²) in [4.78, 5) is 5.06. The Kier molecular flexibility index (Phi) is 8.80. The van der Waals surface area contributed by atoms with Crippen LogP contribution in [0.3, 0.4) is 0 Å². The molecule has 1 aliphatic rings. The zero-order chi connectivity index (χ0) is 25.5. The van der Waals surface area contributed by atoms with E-state index in [1.54, 1.807) is 12.1 Å². The highest BCUT2D eigenvalue weighted by atomic mass is 28.3. The molecule has 3 aromatic rings. The van der Waals surface area contributed by atoms with E-state index in [2.05, 4.69) is 78.5 Å². The molecule has 1 heterocycles. The van der Waals surface area contributed by atoms with Crippen LogP contribution in [0.2, 0.25) is 13.1 Å². The van der Waals surface area contributed by atoms with Gasteiger partial charge in [0, 0.05) is 32.8 Å². The normalized spacial score (nSPS) is 16.1. The van der Waals surface area contributed by atoms with Crippen LogP contribution in [0.1, 0.15) is 29.5 Å². The Morgan fingerprint density at radius 2 is 1.36 bits per heavy atom. The number of aromatic hydroxyl groups is 1. The van der Waals surface area contributed by atoms with Gasteiger partial charge in [-0.15, -0.1) is 0 Å². The summed E-state index contributed by atoms with van der Waals surface area (Å²) in [7, 11) is 0.590. The highest BCUT2D eigenvalue weighted by Crippen LogP contribution is 2.35. The van der Waals surface area contributed by atoms with Crippen molar-refractivity contribution >= 4 is 24.4 Å². The molecule has 0 aromatic heterocycles. The molecule has 1 saturated heterocycles. The molecule has 5 heteroatoms. The lowest BCUT2D eigenvalue weighted by Gasteiger charge is -2.37. The maximum absolute atomic E-state index is 9.93. The molecule has 0 spiro atoms. The van der Waals surface area contributed by atoms with E-state index >= 15 is 0 Å². The van der Waals surface area contributed by atoms with Gasteiger partial charge in [0.25, 0.3) is 0 Å². The van der Waals surface area contributed by atoms with Gasteiger partial charge in [-0.3, -0.25) is 0 Å². The smallest absolute Gasteiger partial charge is 0.115 e. The molecule has 0 unspecified atom stereocenters. The minimum absolute atomic E-state index is 0.157. The number of likely N-dealkylation sites (N-methyl/N-ethyl adjacent to an activating group) is 1. The third-order valence-corrected chi connectivity index (χ3v) is 10.5. The number of benzene rings is 3. The first-order valence-electron chi connectivity index (χ1n) is 13.1. The quantitative estimate of drug-likeness (QED) is 0.327. The van der Waals surface area contributed by atoms with Crippen LogP contribution in [-0.4, -0.2) is 74.1 Å². The zero-order valence-electron chi connectivity index (χ0n) is 22.0. The Morgan fingerprint density at radius 1 is 0.778 bits per heavy atom. The topological polar surface area (TPSA) is 46.9 Å². The Labute approximate surface area is 217 Å². The average Bonchev–Trinajstić information content (AvgIpc) is 2.89.